The molecular formula is C18H21BrN2O. The molecule has 0 heterocycles. The summed E-state index contributed by atoms with van der Waals surface area (Å²) in [6.07, 6.45) is 8.97. The molecule has 2 atom stereocenters. The van der Waals surface area contributed by atoms with Crippen molar-refractivity contribution in [3.8, 4) is 0 Å². The van der Waals surface area contributed by atoms with E-state index >= 15 is 0 Å². The maximum Gasteiger partial charge on any atom is 0.243 e. The summed E-state index contributed by atoms with van der Waals surface area (Å²) in [5.41, 5.74) is 4.63. The van der Waals surface area contributed by atoms with Gasteiger partial charge in [-0.15, -0.1) is 0 Å². The number of allylic oxidation sites excluding steroid dienone is 2. The number of fused-ring (bicyclic) bond motifs is 1. The van der Waals surface area contributed by atoms with Gasteiger partial charge in [-0.05, 0) is 62.1 Å². The van der Waals surface area contributed by atoms with Crippen LogP contribution in [0.1, 0.15) is 38.2 Å². The van der Waals surface area contributed by atoms with E-state index in [1.165, 1.54) is 0 Å². The summed E-state index contributed by atoms with van der Waals surface area (Å²) in [7, 11) is 0. The molecule has 3 rings (SSSR count). The van der Waals surface area contributed by atoms with Crippen LogP contribution in [0.5, 0.6) is 0 Å². The van der Waals surface area contributed by atoms with E-state index in [1.54, 1.807) is 0 Å². The summed E-state index contributed by atoms with van der Waals surface area (Å²) in [5.74, 6) is 1.39. The van der Waals surface area contributed by atoms with Crippen LogP contribution < -0.4 is 5.43 Å². The average Bonchev–Trinajstić information content (AvgIpc) is 3.16. The lowest BCUT2D eigenvalue weighted by Gasteiger charge is -2.03. The minimum absolute atomic E-state index is 0.0911. The zero-order chi connectivity index (χ0) is 15.5. The molecule has 1 N–H and O–H groups in total. The monoisotopic (exact) mass is 360 g/mol. The highest BCUT2D eigenvalue weighted by atomic mass is 79.9. The highest BCUT2D eigenvalue weighted by molar-refractivity contribution is 9.10. The first-order chi connectivity index (χ1) is 10.7. The van der Waals surface area contributed by atoms with Gasteiger partial charge in [0.15, 0.2) is 0 Å². The maximum absolute atomic E-state index is 12.3. The van der Waals surface area contributed by atoms with Crippen LogP contribution in [0.2, 0.25) is 0 Å². The van der Waals surface area contributed by atoms with E-state index in [2.05, 4.69) is 38.6 Å². The fourth-order valence-corrected chi connectivity index (χ4v) is 3.67. The molecule has 0 saturated heterocycles. The lowest BCUT2D eigenvalue weighted by molar-refractivity contribution is -0.122. The summed E-state index contributed by atoms with van der Waals surface area (Å²) in [6.45, 7) is 1.92. The number of carbonyl (C=O) groups excluding carboxylic acids is 1. The summed E-state index contributed by atoms with van der Waals surface area (Å²) in [5, 5.41) is 4.28. The standard InChI is InChI=1S/C18H21BrN2O/c1-12(13-8-10-14(19)11-9-13)20-21-18(22)17-15-6-4-2-3-5-7-16(15)17/h2-3,8-11,15-17H,4-7H2,1H3,(H,21,22). The Morgan fingerprint density at radius 2 is 1.73 bits per heavy atom. The van der Waals surface area contributed by atoms with Crippen molar-refractivity contribution in [1.29, 1.82) is 0 Å². The first-order valence-electron chi connectivity index (χ1n) is 7.92. The highest BCUT2D eigenvalue weighted by Gasteiger charge is 2.53. The van der Waals surface area contributed by atoms with Crippen LogP contribution in [0, 0.1) is 17.8 Å². The Hall–Kier alpha value is -1.42. The number of carbonyl (C=O) groups is 1. The normalized spacial score (nSPS) is 27.5. The van der Waals surface area contributed by atoms with Crippen LogP contribution in [-0.4, -0.2) is 11.6 Å². The third kappa shape index (κ3) is 3.49. The third-order valence-electron chi connectivity index (χ3n) is 4.73. The SMILES string of the molecule is CC(=NNC(=O)C1C2CCC=CCCC21)c1ccc(Br)cc1. The predicted molar refractivity (Wildman–Crippen MR) is 92.6 cm³/mol. The zero-order valence-corrected chi connectivity index (χ0v) is 14.3. The second kappa shape index (κ2) is 6.78. The summed E-state index contributed by atoms with van der Waals surface area (Å²) in [6, 6.07) is 7.94. The average molecular weight is 361 g/mol. The Morgan fingerprint density at radius 1 is 1.14 bits per heavy atom. The van der Waals surface area contributed by atoms with E-state index in [9.17, 15) is 4.79 Å². The van der Waals surface area contributed by atoms with Gasteiger partial charge in [0.1, 0.15) is 0 Å². The van der Waals surface area contributed by atoms with E-state index in [1.807, 2.05) is 31.2 Å². The van der Waals surface area contributed by atoms with Crippen molar-refractivity contribution in [3.05, 3.63) is 46.5 Å². The van der Waals surface area contributed by atoms with Crippen LogP contribution in [0.25, 0.3) is 0 Å². The number of nitrogens with one attached hydrogen (secondary N) is 1. The lowest BCUT2D eigenvalue weighted by Crippen LogP contribution is -2.22. The molecule has 1 aromatic carbocycles. The van der Waals surface area contributed by atoms with Gasteiger partial charge < -0.3 is 0 Å². The Balaban J connectivity index is 1.58. The minimum Gasteiger partial charge on any atom is -0.273 e. The number of benzene rings is 1. The largest absolute Gasteiger partial charge is 0.273 e. The van der Waals surface area contributed by atoms with Crippen molar-refractivity contribution in [1.82, 2.24) is 5.43 Å². The Morgan fingerprint density at radius 3 is 2.32 bits per heavy atom. The van der Waals surface area contributed by atoms with E-state index < -0.39 is 0 Å². The van der Waals surface area contributed by atoms with Gasteiger partial charge in [-0.25, -0.2) is 5.43 Å². The molecule has 2 unspecified atom stereocenters. The molecule has 1 amide bonds. The first-order valence-corrected chi connectivity index (χ1v) is 8.71. The van der Waals surface area contributed by atoms with Crippen LogP contribution in [0.3, 0.4) is 0 Å². The molecule has 0 bridgehead atoms. The van der Waals surface area contributed by atoms with E-state index in [4.69, 9.17) is 0 Å². The molecule has 0 aromatic heterocycles. The van der Waals surface area contributed by atoms with E-state index in [0.717, 1.165) is 41.4 Å². The van der Waals surface area contributed by atoms with Crippen molar-refractivity contribution < 1.29 is 4.79 Å². The molecule has 3 nitrogen and oxygen atoms in total. The summed E-state index contributed by atoms with van der Waals surface area (Å²) in [4.78, 5) is 12.3. The minimum atomic E-state index is 0.0911. The van der Waals surface area contributed by atoms with Crippen molar-refractivity contribution >= 4 is 27.5 Å². The first kappa shape index (κ1) is 15.5. The molecule has 0 spiro atoms. The Bertz CT molecular complexity index is 590. The number of hydrogen-bond acceptors (Lipinski definition) is 2. The number of rotatable bonds is 3. The van der Waals surface area contributed by atoms with Gasteiger partial charge in [-0.2, -0.15) is 5.10 Å². The second-order valence-electron chi connectivity index (χ2n) is 6.16. The number of nitrogens with zero attached hydrogens (tertiary/aromatic N) is 1. The van der Waals surface area contributed by atoms with Crippen LogP contribution in [-0.2, 0) is 4.79 Å². The number of amides is 1. The van der Waals surface area contributed by atoms with Crippen molar-refractivity contribution in [2.24, 2.45) is 22.9 Å². The Kier molecular flexibility index (Phi) is 4.77. The Labute approximate surface area is 140 Å². The molecule has 1 saturated carbocycles. The molecule has 4 heteroatoms. The topological polar surface area (TPSA) is 41.5 Å². The van der Waals surface area contributed by atoms with Gasteiger partial charge in [0, 0.05) is 10.4 Å². The van der Waals surface area contributed by atoms with Gasteiger partial charge in [-0.1, -0.05) is 40.2 Å². The lowest BCUT2D eigenvalue weighted by atomic mass is 10.1. The molecule has 2 aliphatic carbocycles. The van der Waals surface area contributed by atoms with Crippen molar-refractivity contribution in [3.63, 3.8) is 0 Å². The molecule has 0 radical (unpaired) electrons. The molecule has 2 aliphatic rings. The molecule has 1 fully saturated rings. The summed E-state index contributed by atoms with van der Waals surface area (Å²) < 4.78 is 1.04. The van der Waals surface area contributed by atoms with Crippen LogP contribution in [0.15, 0.2) is 46.0 Å². The van der Waals surface area contributed by atoms with Crippen molar-refractivity contribution in [2.45, 2.75) is 32.6 Å². The van der Waals surface area contributed by atoms with Gasteiger partial charge in [0.2, 0.25) is 5.91 Å². The van der Waals surface area contributed by atoms with Gasteiger partial charge in [0.05, 0.1) is 5.71 Å². The highest BCUT2D eigenvalue weighted by Crippen LogP contribution is 2.52. The molecule has 0 aliphatic heterocycles. The number of hydrogen-bond donors (Lipinski definition) is 1. The fourth-order valence-electron chi connectivity index (χ4n) is 3.40. The van der Waals surface area contributed by atoms with Gasteiger partial charge >= 0.3 is 0 Å². The third-order valence-corrected chi connectivity index (χ3v) is 5.26. The maximum atomic E-state index is 12.3. The number of hydrazone groups is 1. The smallest absolute Gasteiger partial charge is 0.243 e. The van der Waals surface area contributed by atoms with Crippen molar-refractivity contribution in [2.75, 3.05) is 0 Å². The quantitative estimate of drug-likeness (QED) is 0.487. The fraction of sp³-hybridized carbons (Fsp3) is 0.444. The molecular weight excluding hydrogens is 340 g/mol. The van der Waals surface area contributed by atoms with Gasteiger partial charge in [-0.3, -0.25) is 4.79 Å². The summed E-state index contributed by atoms with van der Waals surface area (Å²) >= 11 is 3.42. The molecule has 22 heavy (non-hydrogen) atoms. The zero-order valence-electron chi connectivity index (χ0n) is 12.8. The second-order valence-corrected chi connectivity index (χ2v) is 7.08. The molecule has 1 aromatic rings. The molecule has 116 valence electrons. The predicted octanol–water partition coefficient (Wildman–Crippen LogP) is 4.28. The van der Waals surface area contributed by atoms with E-state index in [0.29, 0.717) is 11.8 Å². The van der Waals surface area contributed by atoms with Crippen LogP contribution in [0.4, 0.5) is 0 Å². The van der Waals surface area contributed by atoms with Gasteiger partial charge in [0.25, 0.3) is 0 Å². The number of halogens is 1. The van der Waals surface area contributed by atoms with Crippen LogP contribution >= 0.6 is 15.9 Å². The van der Waals surface area contributed by atoms with E-state index in [-0.39, 0.29) is 11.8 Å².